The molecule has 1 atom stereocenters. The Morgan fingerprint density at radius 1 is 1.33 bits per heavy atom. The molecule has 1 aromatic heterocycles. The van der Waals surface area contributed by atoms with E-state index in [1.54, 1.807) is 37.1 Å². The lowest BCUT2D eigenvalue weighted by Crippen LogP contribution is -2.49. The molecular formula is C15H20ClF3N2. The zero-order valence-electron chi connectivity index (χ0n) is 12.2. The van der Waals surface area contributed by atoms with Gasteiger partial charge < -0.3 is 0 Å². The summed E-state index contributed by atoms with van der Waals surface area (Å²) >= 11 is 5.72. The molecule has 0 saturated heterocycles. The highest BCUT2D eigenvalue weighted by Gasteiger charge is 2.46. The van der Waals surface area contributed by atoms with Gasteiger partial charge in [-0.1, -0.05) is 31.5 Å². The van der Waals surface area contributed by atoms with Crippen molar-refractivity contribution in [3.05, 3.63) is 29.0 Å². The monoisotopic (exact) mass is 320 g/mol. The van der Waals surface area contributed by atoms with E-state index in [1.807, 2.05) is 0 Å². The molecule has 1 saturated carbocycles. The van der Waals surface area contributed by atoms with Gasteiger partial charge in [0.25, 0.3) is 0 Å². The number of hydrogen-bond acceptors (Lipinski definition) is 2. The third kappa shape index (κ3) is 4.85. The summed E-state index contributed by atoms with van der Waals surface area (Å²) in [7, 11) is 0. The number of hydrogen-bond donors (Lipinski definition) is 0. The minimum Gasteiger partial charge on any atom is -0.287 e. The number of alkyl halides is 3. The normalized spacial score (nSPS) is 17.5. The summed E-state index contributed by atoms with van der Waals surface area (Å²) in [5.41, 5.74) is 0.759. The maximum Gasteiger partial charge on any atom is 0.404 e. The number of pyridine rings is 1. The summed E-state index contributed by atoms with van der Waals surface area (Å²) < 4.78 is 40.1. The Kier molecular flexibility index (Phi) is 5.15. The third-order valence-electron chi connectivity index (χ3n) is 3.72. The molecule has 1 fully saturated rings. The van der Waals surface area contributed by atoms with E-state index in [0.29, 0.717) is 17.6 Å². The molecule has 1 heterocycles. The van der Waals surface area contributed by atoms with E-state index in [0.717, 1.165) is 18.4 Å². The van der Waals surface area contributed by atoms with Crippen LogP contribution in [-0.2, 0) is 6.54 Å². The third-order valence-corrected chi connectivity index (χ3v) is 3.95. The fraction of sp³-hybridized carbons (Fsp3) is 0.667. The van der Waals surface area contributed by atoms with Crippen LogP contribution in [-0.4, -0.2) is 28.6 Å². The molecule has 2 nitrogen and oxygen atoms in total. The Hall–Kier alpha value is -0.810. The van der Waals surface area contributed by atoms with Crippen LogP contribution in [0.2, 0.25) is 5.15 Å². The van der Waals surface area contributed by atoms with E-state index in [2.05, 4.69) is 4.98 Å². The second-order valence-electron chi connectivity index (χ2n) is 6.09. The van der Waals surface area contributed by atoms with Crippen LogP contribution in [0.3, 0.4) is 0 Å². The number of rotatable bonds is 6. The van der Waals surface area contributed by atoms with E-state index in [9.17, 15) is 13.2 Å². The van der Waals surface area contributed by atoms with Crippen LogP contribution in [0.4, 0.5) is 13.2 Å². The first kappa shape index (κ1) is 16.6. The lowest BCUT2D eigenvalue weighted by molar-refractivity contribution is -0.197. The van der Waals surface area contributed by atoms with Gasteiger partial charge >= 0.3 is 6.18 Å². The number of halogens is 4. The van der Waals surface area contributed by atoms with E-state index in [-0.39, 0.29) is 6.54 Å². The maximum absolute atomic E-state index is 13.4. The summed E-state index contributed by atoms with van der Waals surface area (Å²) in [4.78, 5) is 5.50. The van der Waals surface area contributed by atoms with Crippen molar-refractivity contribution in [2.45, 2.75) is 45.5 Å². The van der Waals surface area contributed by atoms with Gasteiger partial charge in [0.1, 0.15) is 11.2 Å². The Bertz CT molecular complexity index is 455. The Balaban J connectivity index is 2.17. The summed E-state index contributed by atoms with van der Waals surface area (Å²) in [6.45, 7) is 3.99. The molecule has 118 valence electrons. The van der Waals surface area contributed by atoms with E-state index < -0.39 is 18.1 Å². The van der Waals surface area contributed by atoms with Crippen LogP contribution in [0.15, 0.2) is 18.3 Å². The van der Waals surface area contributed by atoms with Crippen molar-refractivity contribution in [2.24, 2.45) is 11.8 Å². The highest BCUT2D eigenvalue weighted by Crippen LogP contribution is 2.36. The summed E-state index contributed by atoms with van der Waals surface area (Å²) in [6.07, 6.45) is -0.616. The smallest absolute Gasteiger partial charge is 0.287 e. The molecule has 1 aliphatic carbocycles. The molecule has 2 rings (SSSR count). The molecular weight excluding hydrogens is 301 g/mol. The van der Waals surface area contributed by atoms with Gasteiger partial charge in [-0.05, 0) is 36.3 Å². The average Bonchev–Trinajstić information content (AvgIpc) is 3.13. The minimum atomic E-state index is -4.22. The predicted octanol–water partition coefficient (Wildman–Crippen LogP) is 4.53. The fourth-order valence-corrected chi connectivity index (χ4v) is 2.76. The van der Waals surface area contributed by atoms with Crippen molar-refractivity contribution in [1.29, 1.82) is 0 Å². The van der Waals surface area contributed by atoms with E-state index in [1.165, 1.54) is 0 Å². The highest BCUT2D eigenvalue weighted by atomic mass is 35.5. The quantitative estimate of drug-likeness (QED) is 0.716. The molecule has 21 heavy (non-hydrogen) atoms. The molecule has 6 heteroatoms. The van der Waals surface area contributed by atoms with Gasteiger partial charge in [0, 0.05) is 19.3 Å². The molecule has 1 aromatic rings. The van der Waals surface area contributed by atoms with Crippen LogP contribution in [0.5, 0.6) is 0 Å². The van der Waals surface area contributed by atoms with Gasteiger partial charge in [0.2, 0.25) is 0 Å². The topological polar surface area (TPSA) is 16.1 Å². The van der Waals surface area contributed by atoms with Gasteiger partial charge in [0.15, 0.2) is 0 Å². The fourth-order valence-electron chi connectivity index (χ4n) is 2.65. The first-order valence-electron chi connectivity index (χ1n) is 7.18. The van der Waals surface area contributed by atoms with Gasteiger partial charge in [-0.25, -0.2) is 4.98 Å². The van der Waals surface area contributed by atoms with Crippen molar-refractivity contribution in [2.75, 3.05) is 6.54 Å². The Labute approximate surface area is 128 Å². The zero-order chi connectivity index (χ0) is 15.6. The summed E-state index contributed by atoms with van der Waals surface area (Å²) in [5.74, 6) is -0.0853. The standard InChI is InChI=1S/C15H20ClF3N2/c1-10(2)14(15(17,18)19)21(8-11-3-4-11)9-12-5-6-13(16)20-7-12/h5-7,10-11,14H,3-4,8-9H2,1-2H3. The highest BCUT2D eigenvalue weighted by molar-refractivity contribution is 6.29. The van der Waals surface area contributed by atoms with Gasteiger partial charge in [-0.15, -0.1) is 0 Å². The SMILES string of the molecule is CC(C)C(N(Cc1ccc(Cl)nc1)CC1CC1)C(F)(F)F. The number of aromatic nitrogens is 1. The van der Waals surface area contributed by atoms with Crippen LogP contribution >= 0.6 is 11.6 Å². The van der Waals surface area contributed by atoms with Crippen molar-refractivity contribution in [3.8, 4) is 0 Å². The molecule has 0 radical (unpaired) electrons. The molecule has 0 aliphatic heterocycles. The summed E-state index contributed by atoms with van der Waals surface area (Å²) in [5, 5.41) is 0.351. The predicted molar refractivity (Wildman–Crippen MR) is 77.1 cm³/mol. The van der Waals surface area contributed by atoms with E-state index in [4.69, 9.17) is 11.6 Å². The largest absolute Gasteiger partial charge is 0.404 e. The molecule has 0 amide bonds. The first-order valence-corrected chi connectivity index (χ1v) is 7.56. The van der Waals surface area contributed by atoms with Crippen LogP contribution in [0, 0.1) is 11.8 Å². The van der Waals surface area contributed by atoms with Crippen LogP contribution < -0.4 is 0 Å². The van der Waals surface area contributed by atoms with Crippen molar-refractivity contribution in [1.82, 2.24) is 9.88 Å². The second kappa shape index (κ2) is 6.53. The summed E-state index contributed by atoms with van der Waals surface area (Å²) in [6, 6.07) is 1.93. The molecule has 0 N–H and O–H groups in total. The molecule has 1 aliphatic rings. The van der Waals surface area contributed by atoms with Crippen LogP contribution in [0.25, 0.3) is 0 Å². The lowest BCUT2D eigenvalue weighted by atomic mass is 10.0. The number of nitrogens with zero attached hydrogens (tertiary/aromatic N) is 2. The van der Waals surface area contributed by atoms with E-state index >= 15 is 0 Å². The average molecular weight is 321 g/mol. The molecule has 0 aromatic carbocycles. The molecule has 1 unspecified atom stereocenters. The van der Waals surface area contributed by atoms with Crippen LogP contribution in [0.1, 0.15) is 32.3 Å². The Morgan fingerprint density at radius 3 is 2.43 bits per heavy atom. The van der Waals surface area contributed by atoms with Crippen molar-refractivity contribution < 1.29 is 13.2 Å². The maximum atomic E-state index is 13.4. The molecule has 0 spiro atoms. The van der Waals surface area contributed by atoms with Gasteiger partial charge in [-0.3, -0.25) is 4.90 Å². The Morgan fingerprint density at radius 2 is 2.00 bits per heavy atom. The minimum absolute atomic E-state index is 0.253. The van der Waals surface area contributed by atoms with Crippen molar-refractivity contribution >= 4 is 11.6 Å². The zero-order valence-corrected chi connectivity index (χ0v) is 13.0. The first-order chi connectivity index (χ1) is 9.77. The van der Waals surface area contributed by atoms with Gasteiger partial charge in [-0.2, -0.15) is 13.2 Å². The van der Waals surface area contributed by atoms with Crippen molar-refractivity contribution in [3.63, 3.8) is 0 Å². The van der Waals surface area contributed by atoms with Gasteiger partial charge in [0.05, 0.1) is 0 Å². The molecule has 0 bridgehead atoms. The second-order valence-corrected chi connectivity index (χ2v) is 6.48. The lowest BCUT2D eigenvalue weighted by Gasteiger charge is -2.35.